The third kappa shape index (κ3) is 2.92. The third-order valence-electron chi connectivity index (χ3n) is 3.50. The van der Waals surface area contributed by atoms with Crippen LogP contribution in [0.4, 0.5) is 5.69 Å². The van der Waals surface area contributed by atoms with Crippen LogP contribution in [-0.2, 0) is 0 Å². The normalized spacial score (nSPS) is 10.8. The van der Waals surface area contributed by atoms with Crippen LogP contribution in [0.5, 0.6) is 0 Å². The predicted molar refractivity (Wildman–Crippen MR) is 89.8 cm³/mol. The molecule has 0 bridgehead atoms. The second kappa shape index (κ2) is 6.08. The monoisotopic (exact) mass is 332 g/mol. The Morgan fingerprint density at radius 1 is 1.16 bits per heavy atom. The van der Waals surface area contributed by atoms with Crippen molar-refractivity contribution in [3.8, 4) is 11.5 Å². The van der Waals surface area contributed by atoms with Crippen molar-refractivity contribution in [2.75, 3.05) is 5.32 Å². The Morgan fingerprint density at radius 3 is 2.88 bits per heavy atom. The minimum Gasteiger partial charge on any atom is -0.328 e. The van der Waals surface area contributed by atoms with Crippen LogP contribution in [0.1, 0.15) is 16.4 Å². The Kier molecular flexibility index (Phi) is 3.62. The average Bonchev–Trinajstić information content (AvgIpc) is 3.12. The molecular formula is C17H12N6O2. The van der Waals surface area contributed by atoms with Gasteiger partial charge in [-0.2, -0.15) is 4.98 Å². The second-order valence-corrected chi connectivity index (χ2v) is 5.30. The molecule has 1 aromatic carbocycles. The van der Waals surface area contributed by atoms with Crippen LogP contribution in [-0.4, -0.2) is 31.0 Å². The fraction of sp³-hybridized carbons (Fsp3) is 0.0588. The van der Waals surface area contributed by atoms with Crippen molar-refractivity contribution < 1.29 is 9.32 Å². The minimum atomic E-state index is -0.501. The van der Waals surface area contributed by atoms with Gasteiger partial charge >= 0.3 is 11.8 Å². The lowest BCUT2D eigenvalue weighted by Gasteiger charge is -2.07. The summed E-state index contributed by atoms with van der Waals surface area (Å²) in [5.41, 5.74) is 2.64. The van der Waals surface area contributed by atoms with E-state index in [-0.39, 0.29) is 11.7 Å². The Morgan fingerprint density at radius 2 is 2.04 bits per heavy atom. The summed E-state index contributed by atoms with van der Waals surface area (Å²) in [7, 11) is 0. The molecule has 122 valence electrons. The predicted octanol–water partition coefficient (Wildman–Crippen LogP) is 2.64. The number of pyridine rings is 1. The van der Waals surface area contributed by atoms with E-state index in [0.29, 0.717) is 11.4 Å². The highest BCUT2D eigenvalue weighted by molar-refractivity contribution is 6.06. The molecule has 0 aliphatic heterocycles. The summed E-state index contributed by atoms with van der Waals surface area (Å²) in [6, 6.07) is 9.34. The maximum absolute atomic E-state index is 12.4. The summed E-state index contributed by atoms with van der Waals surface area (Å²) in [6.45, 7) is 1.86. The van der Waals surface area contributed by atoms with Crippen molar-refractivity contribution in [3.63, 3.8) is 0 Å². The number of nitrogens with one attached hydrogen (secondary N) is 1. The Balaban J connectivity index is 1.64. The van der Waals surface area contributed by atoms with Gasteiger partial charge in [-0.3, -0.25) is 14.8 Å². The molecule has 1 amide bonds. The lowest BCUT2D eigenvalue weighted by molar-refractivity contribution is 0.0981. The third-order valence-corrected chi connectivity index (χ3v) is 3.50. The van der Waals surface area contributed by atoms with E-state index in [1.54, 1.807) is 6.07 Å². The number of carbonyl (C=O) groups is 1. The largest absolute Gasteiger partial charge is 0.328 e. The highest BCUT2D eigenvalue weighted by Gasteiger charge is 2.18. The van der Waals surface area contributed by atoms with Gasteiger partial charge in [-0.05, 0) is 19.1 Å². The highest BCUT2D eigenvalue weighted by atomic mass is 16.5. The number of hydrogen-bond acceptors (Lipinski definition) is 7. The van der Waals surface area contributed by atoms with Gasteiger partial charge in [-0.1, -0.05) is 23.4 Å². The zero-order chi connectivity index (χ0) is 17.2. The SMILES string of the molecule is Cc1cc(NC(=O)c2nc(-c3cnccn3)no2)c2ccccc2n1. The molecule has 25 heavy (non-hydrogen) atoms. The van der Waals surface area contributed by atoms with Gasteiger partial charge in [0.25, 0.3) is 0 Å². The number of carbonyl (C=O) groups excluding carboxylic acids is 1. The molecule has 0 unspecified atom stereocenters. The molecule has 0 radical (unpaired) electrons. The molecule has 0 aliphatic rings. The number of hydrogen-bond donors (Lipinski definition) is 1. The first kappa shape index (κ1) is 14.9. The van der Waals surface area contributed by atoms with E-state index in [2.05, 4.69) is 30.4 Å². The number of rotatable bonds is 3. The molecule has 1 N–H and O–H groups in total. The molecular weight excluding hydrogens is 320 g/mol. The summed E-state index contributed by atoms with van der Waals surface area (Å²) in [6.07, 6.45) is 4.54. The van der Waals surface area contributed by atoms with E-state index >= 15 is 0 Å². The van der Waals surface area contributed by atoms with Gasteiger partial charge in [0.15, 0.2) is 0 Å². The molecule has 0 spiro atoms. The number of amides is 1. The zero-order valence-corrected chi connectivity index (χ0v) is 13.2. The number of nitrogens with zero attached hydrogens (tertiary/aromatic N) is 5. The van der Waals surface area contributed by atoms with E-state index in [4.69, 9.17) is 4.52 Å². The number of aryl methyl sites for hydroxylation is 1. The smallest absolute Gasteiger partial charge is 0.316 e. The van der Waals surface area contributed by atoms with Gasteiger partial charge in [-0.25, -0.2) is 4.98 Å². The van der Waals surface area contributed by atoms with Crippen LogP contribution in [0.15, 0.2) is 53.4 Å². The summed E-state index contributed by atoms with van der Waals surface area (Å²) in [5.74, 6) is -0.452. The van der Waals surface area contributed by atoms with Crippen molar-refractivity contribution >= 4 is 22.5 Å². The van der Waals surface area contributed by atoms with E-state index in [9.17, 15) is 4.79 Å². The van der Waals surface area contributed by atoms with Crippen molar-refractivity contribution in [1.82, 2.24) is 25.1 Å². The first-order chi connectivity index (χ1) is 12.2. The Labute approximate surface area is 142 Å². The van der Waals surface area contributed by atoms with E-state index < -0.39 is 5.91 Å². The van der Waals surface area contributed by atoms with Crippen molar-refractivity contribution in [3.05, 3.63) is 60.5 Å². The molecule has 3 heterocycles. The van der Waals surface area contributed by atoms with Crippen molar-refractivity contribution in [1.29, 1.82) is 0 Å². The van der Waals surface area contributed by atoms with E-state index in [1.165, 1.54) is 18.6 Å². The topological polar surface area (TPSA) is 107 Å². The second-order valence-electron chi connectivity index (χ2n) is 5.30. The van der Waals surface area contributed by atoms with Crippen LogP contribution < -0.4 is 5.32 Å². The maximum Gasteiger partial charge on any atom is 0.316 e. The van der Waals surface area contributed by atoms with Gasteiger partial charge in [0.05, 0.1) is 17.4 Å². The van der Waals surface area contributed by atoms with Crippen LogP contribution in [0.25, 0.3) is 22.4 Å². The molecule has 0 saturated heterocycles. The first-order valence-electron chi connectivity index (χ1n) is 7.48. The Bertz CT molecular complexity index is 1060. The van der Waals surface area contributed by atoms with Crippen molar-refractivity contribution in [2.24, 2.45) is 0 Å². The quantitative estimate of drug-likeness (QED) is 0.614. The van der Waals surface area contributed by atoms with Crippen LogP contribution >= 0.6 is 0 Å². The number of benzene rings is 1. The number of fused-ring (bicyclic) bond motifs is 1. The molecule has 4 aromatic rings. The molecule has 8 heteroatoms. The average molecular weight is 332 g/mol. The van der Waals surface area contributed by atoms with Crippen molar-refractivity contribution in [2.45, 2.75) is 6.92 Å². The fourth-order valence-electron chi connectivity index (χ4n) is 2.42. The molecule has 3 aromatic heterocycles. The van der Waals surface area contributed by atoms with Gasteiger partial charge in [0.1, 0.15) is 5.69 Å². The Hall–Kier alpha value is -3.68. The van der Waals surface area contributed by atoms with Crippen LogP contribution in [0.3, 0.4) is 0 Å². The lowest BCUT2D eigenvalue weighted by atomic mass is 10.1. The van der Waals surface area contributed by atoms with E-state index in [0.717, 1.165) is 16.6 Å². The van der Waals surface area contributed by atoms with E-state index in [1.807, 2.05) is 31.2 Å². The standard InChI is InChI=1S/C17H12N6O2/c1-10-8-13(11-4-2-3-5-12(11)20-10)21-16(24)17-22-15(23-25-17)14-9-18-6-7-19-14/h2-9H,1H3,(H,20,21,24). The number of anilines is 1. The summed E-state index contributed by atoms with van der Waals surface area (Å²) < 4.78 is 5.04. The molecule has 0 aliphatic carbocycles. The number of para-hydroxylation sites is 1. The van der Waals surface area contributed by atoms with Gasteiger partial charge in [0, 0.05) is 23.5 Å². The van der Waals surface area contributed by atoms with Gasteiger partial charge < -0.3 is 9.84 Å². The minimum absolute atomic E-state index is 0.154. The van der Waals surface area contributed by atoms with Gasteiger partial charge in [0.2, 0.25) is 5.82 Å². The highest BCUT2D eigenvalue weighted by Crippen LogP contribution is 2.23. The molecule has 8 nitrogen and oxygen atoms in total. The fourth-order valence-corrected chi connectivity index (χ4v) is 2.42. The molecule has 0 fully saturated rings. The molecule has 0 saturated carbocycles. The summed E-state index contributed by atoms with van der Waals surface area (Å²) >= 11 is 0. The molecule has 0 atom stereocenters. The number of aromatic nitrogens is 5. The van der Waals surface area contributed by atoms with Gasteiger partial charge in [-0.15, -0.1) is 0 Å². The zero-order valence-electron chi connectivity index (χ0n) is 13.2. The first-order valence-corrected chi connectivity index (χ1v) is 7.48. The maximum atomic E-state index is 12.4. The summed E-state index contributed by atoms with van der Waals surface area (Å²) in [4.78, 5) is 29.0. The summed E-state index contributed by atoms with van der Waals surface area (Å²) in [5, 5.41) is 7.39. The lowest BCUT2D eigenvalue weighted by Crippen LogP contribution is -2.13. The molecule has 4 rings (SSSR count). The van der Waals surface area contributed by atoms with Crippen LogP contribution in [0, 0.1) is 6.92 Å². The van der Waals surface area contributed by atoms with Crippen LogP contribution in [0.2, 0.25) is 0 Å².